The maximum absolute atomic E-state index is 5.32. The topological polar surface area (TPSA) is 80.1 Å². The summed E-state index contributed by atoms with van der Waals surface area (Å²) in [5.41, 5.74) is 1.49. The second-order valence-electron chi connectivity index (χ2n) is 5.41. The van der Waals surface area contributed by atoms with Gasteiger partial charge in [0.05, 0.1) is 55.1 Å². The van der Waals surface area contributed by atoms with E-state index in [9.17, 15) is 0 Å². The van der Waals surface area contributed by atoms with Crippen molar-refractivity contribution in [3.63, 3.8) is 0 Å². The summed E-state index contributed by atoms with van der Waals surface area (Å²) in [7, 11) is 9.33. The van der Waals surface area contributed by atoms with Crippen LogP contribution in [0, 0.1) is 0 Å². The third-order valence-electron chi connectivity index (χ3n) is 3.85. The molecule has 0 atom stereocenters. The van der Waals surface area contributed by atoms with Crippen molar-refractivity contribution in [3.8, 4) is 34.5 Å². The second-order valence-corrected chi connectivity index (χ2v) is 5.41. The van der Waals surface area contributed by atoms with Gasteiger partial charge in [-0.25, -0.2) is 0 Å². The predicted molar refractivity (Wildman–Crippen MR) is 107 cm³/mol. The second kappa shape index (κ2) is 10.1. The first-order chi connectivity index (χ1) is 13.6. The lowest BCUT2D eigenvalue weighted by atomic mass is 10.2. The van der Waals surface area contributed by atoms with Gasteiger partial charge in [0.15, 0.2) is 23.0 Å². The molecule has 0 aliphatic carbocycles. The van der Waals surface area contributed by atoms with Crippen LogP contribution in [0.5, 0.6) is 34.5 Å². The molecular weight excluding hydrogens is 364 g/mol. The lowest BCUT2D eigenvalue weighted by Crippen LogP contribution is -1.97. The van der Waals surface area contributed by atoms with E-state index in [-0.39, 0.29) is 0 Å². The van der Waals surface area contributed by atoms with Gasteiger partial charge in [0.1, 0.15) is 0 Å². The minimum Gasteiger partial charge on any atom is -0.493 e. The van der Waals surface area contributed by atoms with Crippen molar-refractivity contribution in [3.05, 3.63) is 35.4 Å². The molecule has 150 valence electrons. The smallest absolute Gasteiger partial charge is 0.203 e. The van der Waals surface area contributed by atoms with Gasteiger partial charge in [0.2, 0.25) is 11.5 Å². The number of nitrogens with zero attached hydrogens (tertiary/aromatic N) is 2. The molecule has 0 amide bonds. The van der Waals surface area contributed by atoms with Gasteiger partial charge >= 0.3 is 0 Å². The SMILES string of the molecule is COc1cc(/C=N/N=C/c2cc(OC)c(OC)c(OC)c2)cc(OC)c1OC. The van der Waals surface area contributed by atoms with Crippen LogP contribution < -0.4 is 28.4 Å². The molecule has 0 radical (unpaired) electrons. The zero-order valence-electron chi connectivity index (χ0n) is 16.8. The minimum atomic E-state index is 0.517. The zero-order valence-corrected chi connectivity index (χ0v) is 16.8. The Hall–Kier alpha value is -3.42. The van der Waals surface area contributed by atoms with Gasteiger partial charge in [-0.05, 0) is 24.3 Å². The molecule has 0 saturated carbocycles. The molecule has 0 heterocycles. The van der Waals surface area contributed by atoms with Crippen LogP contribution in [0.3, 0.4) is 0 Å². The molecule has 0 saturated heterocycles. The number of rotatable bonds is 9. The molecule has 0 aliphatic heterocycles. The van der Waals surface area contributed by atoms with Crippen molar-refractivity contribution in [2.75, 3.05) is 42.7 Å². The number of hydrogen-bond donors (Lipinski definition) is 0. The van der Waals surface area contributed by atoms with Crippen LogP contribution in [0.25, 0.3) is 0 Å². The number of benzene rings is 2. The molecule has 0 aromatic heterocycles. The maximum Gasteiger partial charge on any atom is 0.203 e. The van der Waals surface area contributed by atoms with Crippen molar-refractivity contribution in [1.29, 1.82) is 0 Å². The molecule has 0 N–H and O–H groups in total. The molecule has 28 heavy (non-hydrogen) atoms. The third-order valence-corrected chi connectivity index (χ3v) is 3.85. The highest BCUT2D eigenvalue weighted by Crippen LogP contribution is 2.38. The highest BCUT2D eigenvalue weighted by Gasteiger charge is 2.13. The number of hydrogen-bond acceptors (Lipinski definition) is 8. The fourth-order valence-electron chi connectivity index (χ4n) is 2.55. The highest BCUT2D eigenvalue weighted by atomic mass is 16.5. The first-order valence-corrected chi connectivity index (χ1v) is 8.28. The Morgan fingerprint density at radius 1 is 0.500 bits per heavy atom. The van der Waals surface area contributed by atoms with Crippen molar-refractivity contribution in [2.45, 2.75) is 0 Å². The van der Waals surface area contributed by atoms with E-state index in [0.29, 0.717) is 34.5 Å². The van der Waals surface area contributed by atoms with E-state index >= 15 is 0 Å². The normalized spacial score (nSPS) is 10.9. The van der Waals surface area contributed by atoms with E-state index in [1.165, 1.54) is 0 Å². The molecule has 0 bridgehead atoms. The van der Waals surface area contributed by atoms with Gasteiger partial charge in [-0.2, -0.15) is 10.2 Å². The number of ether oxygens (including phenoxy) is 6. The van der Waals surface area contributed by atoms with E-state index < -0.39 is 0 Å². The van der Waals surface area contributed by atoms with Crippen LogP contribution in [0.4, 0.5) is 0 Å². The van der Waals surface area contributed by atoms with Crippen LogP contribution in [-0.2, 0) is 0 Å². The summed E-state index contributed by atoms with van der Waals surface area (Å²) in [5, 5.41) is 8.15. The van der Waals surface area contributed by atoms with E-state index in [1.807, 2.05) is 0 Å². The first-order valence-electron chi connectivity index (χ1n) is 8.28. The quantitative estimate of drug-likeness (QED) is 0.485. The molecule has 2 aromatic rings. The summed E-state index contributed by atoms with van der Waals surface area (Å²) in [5.74, 6) is 3.19. The summed E-state index contributed by atoms with van der Waals surface area (Å²) in [6.45, 7) is 0. The molecule has 0 spiro atoms. The van der Waals surface area contributed by atoms with E-state index in [4.69, 9.17) is 28.4 Å². The van der Waals surface area contributed by atoms with Crippen molar-refractivity contribution < 1.29 is 28.4 Å². The Morgan fingerprint density at radius 3 is 1.00 bits per heavy atom. The molecule has 2 aromatic carbocycles. The summed E-state index contributed by atoms with van der Waals surface area (Å²) in [6, 6.07) is 7.11. The maximum atomic E-state index is 5.32. The molecule has 8 heteroatoms. The molecular formula is C20H24N2O6. The minimum absolute atomic E-state index is 0.517. The molecule has 2 rings (SSSR count). The predicted octanol–water partition coefficient (Wildman–Crippen LogP) is 3.19. The van der Waals surface area contributed by atoms with Crippen LogP contribution in [0.2, 0.25) is 0 Å². The van der Waals surface area contributed by atoms with Gasteiger partial charge in [0, 0.05) is 11.1 Å². The Balaban J connectivity index is 2.26. The molecule has 0 unspecified atom stereocenters. The van der Waals surface area contributed by atoms with Crippen LogP contribution >= 0.6 is 0 Å². The first kappa shape index (κ1) is 20.9. The average molecular weight is 388 g/mol. The van der Waals surface area contributed by atoms with E-state index in [2.05, 4.69) is 10.2 Å². The zero-order chi connectivity index (χ0) is 20.5. The lowest BCUT2D eigenvalue weighted by Gasteiger charge is -2.12. The van der Waals surface area contributed by atoms with E-state index in [1.54, 1.807) is 79.4 Å². The van der Waals surface area contributed by atoms with E-state index in [0.717, 1.165) is 11.1 Å². The summed E-state index contributed by atoms with van der Waals surface area (Å²) >= 11 is 0. The molecule has 0 aliphatic rings. The van der Waals surface area contributed by atoms with Crippen LogP contribution in [0.1, 0.15) is 11.1 Å². The van der Waals surface area contributed by atoms with Crippen molar-refractivity contribution in [2.24, 2.45) is 10.2 Å². The summed E-state index contributed by atoms with van der Waals surface area (Å²) in [6.07, 6.45) is 3.16. The Bertz CT molecular complexity index is 742. The van der Waals surface area contributed by atoms with Crippen molar-refractivity contribution >= 4 is 12.4 Å². The Labute approximate surface area is 164 Å². The average Bonchev–Trinajstić information content (AvgIpc) is 2.74. The van der Waals surface area contributed by atoms with Gasteiger partial charge in [-0.3, -0.25) is 0 Å². The summed E-state index contributed by atoms with van der Waals surface area (Å²) in [4.78, 5) is 0. The van der Waals surface area contributed by atoms with Gasteiger partial charge < -0.3 is 28.4 Å². The monoisotopic (exact) mass is 388 g/mol. The Kier molecular flexibility index (Phi) is 7.50. The standard InChI is InChI=1S/C20H24N2O6/c1-23-15-7-13(8-16(24-2)19(15)27-5)11-21-22-12-14-9-17(25-3)20(28-6)18(10-14)26-4/h7-12H,1-6H3/b21-11+,22-12+. The number of methoxy groups -OCH3 is 6. The van der Waals surface area contributed by atoms with Crippen molar-refractivity contribution in [1.82, 2.24) is 0 Å². The van der Waals surface area contributed by atoms with Gasteiger partial charge in [-0.15, -0.1) is 0 Å². The molecule has 0 fully saturated rings. The Morgan fingerprint density at radius 2 is 0.786 bits per heavy atom. The highest BCUT2D eigenvalue weighted by molar-refractivity contribution is 5.85. The van der Waals surface area contributed by atoms with Crippen LogP contribution in [-0.4, -0.2) is 55.1 Å². The lowest BCUT2D eigenvalue weighted by molar-refractivity contribution is 0.324. The fraction of sp³-hybridized carbons (Fsp3) is 0.300. The summed E-state index contributed by atoms with van der Waals surface area (Å²) < 4.78 is 31.9. The largest absolute Gasteiger partial charge is 0.493 e. The van der Waals surface area contributed by atoms with Gasteiger partial charge in [-0.1, -0.05) is 0 Å². The fourth-order valence-corrected chi connectivity index (χ4v) is 2.55. The van der Waals surface area contributed by atoms with Gasteiger partial charge in [0.25, 0.3) is 0 Å². The van der Waals surface area contributed by atoms with Crippen LogP contribution in [0.15, 0.2) is 34.5 Å². The third kappa shape index (κ3) is 4.64. The molecule has 8 nitrogen and oxygen atoms in total.